The van der Waals surface area contributed by atoms with E-state index in [-0.39, 0.29) is 35.9 Å². The number of hydrogen-bond acceptors (Lipinski definition) is 7. The topological polar surface area (TPSA) is 119 Å². The van der Waals surface area contributed by atoms with Gasteiger partial charge in [0.05, 0.1) is 0 Å². The molecule has 0 saturated carbocycles. The third-order valence-electron chi connectivity index (χ3n) is 5.36. The van der Waals surface area contributed by atoms with Gasteiger partial charge in [-0.2, -0.15) is 0 Å². The smallest absolute Gasteiger partial charge is 0.260 e. The summed E-state index contributed by atoms with van der Waals surface area (Å²) in [6.45, 7) is 3.76. The zero-order valence-corrected chi connectivity index (χ0v) is 21.6. The number of piperazine rings is 1. The number of primary sulfonamides is 1. The predicted octanol–water partition coefficient (Wildman–Crippen LogP) is 1.94. The summed E-state index contributed by atoms with van der Waals surface area (Å²) in [6, 6.07) is 11.2. The highest BCUT2D eigenvalue weighted by molar-refractivity contribution is 9.10. The molecule has 1 fully saturated rings. The van der Waals surface area contributed by atoms with E-state index in [4.69, 9.17) is 14.6 Å². The molecule has 2 aromatic rings. The van der Waals surface area contributed by atoms with E-state index in [9.17, 15) is 22.4 Å². The Hall–Kier alpha value is -2.54. The number of ketones is 1. The number of hydrogen-bond donors (Lipinski definition) is 1. The number of rotatable bonds is 10. The van der Waals surface area contributed by atoms with Crippen molar-refractivity contribution in [1.29, 1.82) is 0 Å². The molecule has 1 atom stereocenters. The van der Waals surface area contributed by atoms with Crippen LogP contribution >= 0.6 is 15.9 Å². The molecule has 0 bridgehead atoms. The summed E-state index contributed by atoms with van der Waals surface area (Å²) in [4.78, 5) is 28.6. The first-order valence-corrected chi connectivity index (χ1v) is 13.3. The number of nitrogens with zero attached hydrogens (tertiary/aromatic N) is 2. The molecule has 1 amide bonds. The number of halogens is 2. The predicted molar refractivity (Wildman–Crippen MR) is 131 cm³/mol. The van der Waals surface area contributed by atoms with Crippen molar-refractivity contribution in [2.24, 2.45) is 5.14 Å². The van der Waals surface area contributed by atoms with Gasteiger partial charge in [-0.1, -0.05) is 28.1 Å². The second-order valence-corrected chi connectivity index (χ2v) is 10.8. The molecule has 1 aliphatic rings. The standard InChI is InChI=1S/C23H27BrFN3O6S/c1-16-11-27(12-17-2-5-19(25)6-3-17)8-9-28(16)23(30)14-34-21-7-4-18(24)10-22(21)33-13-20(29)15-35(26,31)32/h2-7,10,16H,8-9,11-15H2,1H3,(H2,26,31,32)/t16-/m1/s1. The van der Waals surface area contributed by atoms with Crippen LogP contribution in [0.1, 0.15) is 12.5 Å². The summed E-state index contributed by atoms with van der Waals surface area (Å²) in [5, 5.41) is 4.88. The van der Waals surface area contributed by atoms with Gasteiger partial charge in [-0.15, -0.1) is 0 Å². The van der Waals surface area contributed by atoms with Crippen LogP contribution in [0, 0.1) is 5.82 Å². The molecule has 0 spiro atoms. The summed E-state index contributed by atoms with van der Waals surface area (Å²) in [6.07, 6.45) is 0. The molecular formula is C23H27BrFN3O6S. The lowest BCUT2D eigenvalue weighted by molar-refractivity contribution is -0.138. The fourth-order valence-corrected chi connectivity index (χ4v) is 4.63. The lowest BCUT2D eigenvalue weighted by Gasteiger charge is -2.39. The molecule has 0 aromatic heterocycles. The van der Waals surface area contributed by atoms with Crippen molar-refractivity contribution in [3.8, 4) is 11.5 Å². The maximum atomic E-state index is 13.1. The van der Waals surface area contributed by atoms with Gasteiger partial charge in [0.15, 0.2) is 23.9 Å². The lowest BCUT2D eigenvalue weighted by Crippen LogP contribution is -2.54. The van der Waals surface area contributed by atoms with Crippen molar-refractivity contribution in [2.45, 2.75) is 19.5 Å². The Kier molecular flexibility index (Phi) is 9.22. The summed E-state index contributed by atoms with van der Waals surface area (Å²) in [5.41, 5.74) is 1.01. The van der Waals surface area contributed by atoms with Gasteiger partial charge < -0.3 is 14.4 Å². The van der Waals surface area contributed by atoms with Crippen molar-refractivity contribution in [3.63, 3.8) is 0 Å². The second-order valence-electron chi connectivity index (χ2n) is 8.31. The van der Waals surface area contributed by atoms with Gasteiger partial charge in [0.1, 0.15) is 18.2 Å². The average Bonchev–Trinajstić information content (AvgIpc) is 2.77. The van der Waals surface area contributed by atoms with Gasteiger partial charge >= 0.3 is 0 Å². The number of ether oxygens (including phenoxy) is 2. The highest BCUT2D eigenvalue weighted by Gasteiger charge is 2.28. The molecule has 0 radical (unpaired) electrons. The van der Waals surface area contributed by atoms with E-state index in [0.29, 0.717) is 30.7 Å². The minimum Gasteiger partial charge on any atom is -0.482 e. The van der Waals surface area contributed by atoms with E-state index >= 15 is 0 Å². The Bertz CT molecular complexity index is 1160. The highest BCUT2D eigenvalue weighted by Crippen LogP contribution is 2.31. The molecular weight excluding hydrogens is 545 g/mol. The third-order valence-corrected chi connectivity index (χ3v) is 6.58. The van der Waals surface area contributed by atoms with E-state index in [1.165, 1.54) is 12.1 Å². The molecule has 2 N–H and O–H groups in total. The van der Waals surface area contributed by atoms with Crippen LogP contribution in [0.25, 0.3) is 0 Å². The number of Topliss-reactive ketones (excluding diaryl/α,β-unsaturated/α-hetero) is 1. The summed E-state index contributed by atoms with van der Waals surface area (Å²) < 4.78 is 47.0. The van der Waals surface area contributed by atoms with E-state index < -0.39 is 28.2 Å². The minimum absolute atomic E-state index is 0.0447. The number of benzene rings is 2. The molecule has 1 aliphatic heterocycles. The van der Waals surface area contributed by atoms with Crippen LogP contribution in [-0.4, -0.2) is 74.6 Å². The fraction of sp³-hybridized carbons (Fsp3) is 0.391. The minimum atomic E-state index is -3.95. The van der Waals surface area contributed by atoms with Crippen molar-refractivity contribution < 1.29 is 31.9 Å². The van der Waals surface area contributed by atoms with Crippen LogP contribution < -0.4 is 14.6 Å². The zero-order chi connectivity index (χ0) is 25.6. The van der Waals surface area contributed by atoms with Gasteiger partial charge in [0.25, 0.3) is 5.91 Å². The molecule has 1 saturated heterocycles. The number of sulfonamides is 1. The van der Waals surface area contributed by atoms with Gasteiger partial charge in [0.2, 0.25) is 10.0 Å². The Labute approximate surface area is 212 Å². The van der Waals surface area contributed by atoms with Gasteiger partial charge in [-0.25, -0.2) is 17.9 Å². The van der Waals surface area contributed by atoms with Crippen LogP contribution in [0.15, 0.2) is 46.9 Å². The van der Waals surface area contributed by atoms with Crippen molar-refractivity contribution in [3.05, 3.63) is 58.3 Å². The molecule has 0 aliphatic carbocycles. The zero-order valence-electron chi connectivity index (χ0n) is 19.2. The summed E-state index contributed by atoms with van der Waals surface area (Å²) in [7, 11) is -3.95. The van der Waals surface area contributed by atoms with Crippen LogP contribution in [0.5, 0.6) is 11.5 Å². The van der Waals surface area contributed by atoms with Crippen LogP contribution in [0.4, 0.5) is 4.39 Å². The van der Waals surface area contributed by atoms with Crippen LogP contribution in [0.2, 0.25) is 0 Å². The van der Waals surface area contributed by atoms with Crippen LogP contribution in [0.3, 0.4) is 0 Å². The van der Waals surface area contributed by atoms with Gasteiger partial charge in [-0.05, 0) is 42.8 Å². The maximum Gasteiger partial charge on any atom is 0.260 e. The summed E-state index contributed by atoms with van der Waals surface area (Å²) >= 11 is 3.30. The van der Waals surface area contributed by atoms with Crippen molar-refractivity contribution in [2.75, 3.05) is 38.6 Å². The average molecular weight is 572 g/mol. The first kappa shape index (κ1) is 27.1. The maximum absolute atomic E-state index is 13.1. The Morgan fingerprint density at radius 3 is 2.43 bits per heavy atom. The summed E-state index contributed by atoms with van der Waals surface area (Å²) in [5.74, 6) is -1.58. The SMILES string of the molecule is C[C@@H]1CN(Cc2ccc(F)cc2)CCN1C(=O)COc1ccc(Br)cc1OCC(=O)CS(N)(=O)=O. The fourth-order valence-electron chi connectivity index (χ4n) is 3.76. The van der Waals surface area contributed by atoms with Gasteiger partial charge in [-0.3, -0.25) is 14.5 Å². The van der Waals surface area contributed by atoms with E-state index in [0.717, 1.165) is 5.56 Å². The Morgan fingerprint density at radius 1 is 1.09 bits per heavy atom. The lowest BCUT2D eigenvalue weighted by atomic mass is 10.1. The largest absolute Gasteiger partial charge is 0.482 e. The monoisotopic (exact) mass is 571 g/mol. The number of carbonyl (C=O) groups excluding carboxylic acids is 2. The second kappa shape index (κ2) is 11.9. The number of amides is 1. The van der Waals surface area contributed by atoms with E-state index in [1.807, 2.05) is 6.92 Å². The molecule has 9 nitrogen and oxygen atoms in total. The molecule has 2 aromatic carbocycles. The number of nitrogens with two attached hydrogens (primary N) is 1. The van der Waals surface area contributed by atoms with Crippen LogP contribution in [-0.2, 0) is 26.2 Å². The third kappa shape index (κ3) is 8.57. The van der Waals surface area contributed by atoms with E-state index in [2.05, 4.69) is 20.8 Å². The molecule has 12 heteroatoms. The van der Waals surface area contributed by atoms with E-state index in [1.54, 1.807) is 35.2 Å². The number of carbonyl (C=O) groups is 2. The molecule has 3 rings (SSSR count). The normalized spacial score (nSPS) is 16.7. The highest BCUT2D eigenvalue weighted by atomic mass is 79.9. The molecule has 1 heterocycles. The quantitative estimate of drug-likeness (QED) is 0.462. The Balaban J connectivity index is 1.53. The molecule has 190 valence electrons. The molecule has 0 unspecified atom stereocenters. The molecule has 35 heavy (non-hydrogen) atoms. The first-order chi connectivity index (χ1) is 16.5. The van der Waals surface area contributed by atoms with Crippen molar-refractivity contribution in [1.82, 2.24) is 9.80 Å². The van der Waals surface area contributed by atoms with Gasteiger partial charge in [0, 0.05) is 36.7 Å². The van der Waals surface area contributed by atoms with Crippen molar-refractivity contribution >= 4 is 37.6 Å². The Morgan fingerprint density at radius 2 is 1.77 bits per heavy atom. The first-order valence-electron chi connectivity index (χ1n) is 10.8.